The predicted octanol–water partition coefficient (Wildman–Crippen LogP) is 2.51. The molecule has 1 rings (SSSR count). The maximum absolute atomic E-state index is 5.42. The van der Waals surface area contributed by atoms with Gasteiger partial charge in [0.2, 0.25) is 0 Å². The SMILES string of the molecule is CCCNCCCC(C)N(C)CC1CCOCC1. The summed E-state index contributed by atoms with van der Waals surface area (Å²) in [6.45, 7) is 10.1. The molecule has 3 nitrogen and oxygen atoms in total. The summed E-state index contributed by atoms with van der Waals surface area (Å²) in [4.78, 5) is 2.54. The van der Waals surface area contributed by atoms with E-state index in [9.17, 15) is 0 Å². The Hall–Kier alpha value is -0.120. The van der Waals surface area contributed by atoms with Crippen molar-refractivity contribution in [2.75, 3.05) is 39.9 Å². The molecule has 1 heterocycles. The zero-order valence-corrected chi connectivity index (χ0v) is 12.6. The first-order chi connectivity index (χ1) is 8.74. The lowest BCUT2D eigenvalue weighted by atomic mass is 9.99. The number of ether oxygens (including phenoxy) is 1. The largest absolute Gasteiger partial charge is 0.381 e. The zero-order valence-electron chi connectivity index (χ0n) is 12.6. The average molecular weight is 256 g/mol. The van der Waals surface area contributed by atoms with Crippen LogP contribution in [0.3, 0.4) is 0 Å². The van der Waals surface area contributed by atoms with Crippen molar-refractivity contribution in [1.82, 2.24) is 10.2 Å². The third-order valence-electron chi connectivity index (χ3n) is 4.04. The summed E-state index contributed by atoms with van der Waals surface area (Å²) in [6, 6.07) is 0.705. The lowest BCUT2D eigenvalue weighted by molar-refractivity contribution is 0.0507. The molecule has 0 aromatic rings. The third-order valence-corrected chi connectivity index (χ3v) is 4.04. The van der Waals surface area contributed by atoms with Gasteiger partial charge in [-0.05, 0) is 65.1 Å². The number of hydrogen-bond donors (Lipinski definition) is 1. The first kappa shape index (κ1) is 15.9. The zero-order chi connectivity index (χ0) is 13.2. The Morgan fingerprint density at radius 1 is 1.28 bits per heavy atom. The second-order valence-corrected chi connectivity index (χ2v) is 5.74. The maximum atomic E-state index is 5.42. The van der Waals surface area contributed by atoms with Crippen molar-refractivity contribution in [2.24, 2.45) is 5.92 Å². The summed E-state index contributed by atoms with van der Waals surface area (Å²) in [5.74, 6) is 0.851. The van der Waals surface area contributed by atoms with Crippen molar-refractivity contribution in [3.05, 3.63) is 0 Å². The van der Waals surface area contributed by atoms with E-state index in [1.54, 1.807) is 0 Å². The quantitative estimate of drug-likeness (QED) is 0.642. The fourth-order valence-corrected chi connectivity index (χ4v) is 2.56. The van der Waals surface area contributed by atoms with Gasteiger partial charge in [-0.15, -0.1) is 0 Å². The van der Waals surface area contributed by atoms with Crippen LogP contribution in [-0.2, 0) is 4.74 Å². The minimum Gasteiger partial charge on any atom is -0.381 e. The maximum Gasteiger partial charge on any atom is 0.0469 e. The molecule has 0 radical (unpaired) electrons. The summed E-state index contributed by atoms with van der Waals surface area (Å²) in [7, 11) is 2.28. The highest BCUT2D eigenvalue weighted by Gasteiger charge is 2.18. The molecule has 0 aromatic heterocycles. The van der Waals surface area contributed by atoms with Gasteiger partial charge in [0.25, 0.3) is 0 Å². The number of hydrogen-bond acceptors (Lipinski definition) is 3. The standard InChI is InChI=1S/C15H32N2O/c1-4-9-16-10-5-6-14(2)17(3)13-15-7-11-18-12-8-15/h14-16H,4-13H2,1-3H3. The van der Waals surface area contributed by atoms with Crippen LogP contribution in [-0.4, -0.2) is 50.8 Å². The molecule has 0 aromatic carbocycles. The summed E-state index contributed by atoms with van der Waals surface area (Å²) in [6.07, 6.45) is 6.32. The van der Waals surface area contributed by atoms with Gasteiger partial charge in [-0.25, -0.2) is 0 Å². The first-order valence-corrected chi connectivity index (χ1v) is 7.72. The summed E-state index contributed by atoms with van der Waals surface area (Å²) >= 11 is 0. The average Bonchev–Trinajstić information content (AvgIpc) is 2.39. The number of rotatable bonds is 9. The van der Waals surface area contributed by atoms with Crippen LogP contribution in [0.4, 0.5) is 0 Å². The highest BCUT2D eigenvalue weighted by Crippen LogP contribution is 2.17. The van der Waals surface area contributed by atoms with E-state index in [1.165, 1.54) is 45.2 Å². The van der Waals surface area contributed by atoms with Crippen LogP contribution >= 0.6 is 0 Å². The second kappa shape index (κ2) is 9.76. The van der Waals surface area contributed by atoms with Gasteiger partial charge in [-0.2, -0.15) is 0 Å². The van der Waals surface area contributed by atoms with Crippen LogP contribution in [0.1, 0.15) is 46.0 Å². The Balaban J connectivity index is 2.06. The Kier molecular flexibility index (Phi) is 8.64. The van der Waals surface area contributed by atoms with Gasteiger partial charge in [-0.3, -0.25) is 0 Å². The Morgan fingerprint density at radius 3 is 2.67 bits per heavy atom. The van der Waals surface area contributed by atoms with E-state index in [0.717, 1.165) is 25.7 Å². The summed E-state index contributed by atoms with van der Waals surface area (Å²) in [5, 5.41) is 3.48. The molecule has 1 aliphatic heterocycles. The van der Waals surface area contributed by atoms with Crippen molar-refractivity contribution in [2.45, 2.75) is 52.0 Å². The van der Waals surface area contributed by atoms with Gasteiger partial charge >= 0.3 is 0 Å². The molecule has 1 unspecified atom stereocenters. The lowest BCUT2D eigenvalue weighted by Crippen LogP contribution is -2.36. The predicted molar refractivity (Wildman–Crippen MR) is 78.0 cm³/mol. The number of nitrogens with zero attached hydrogens (tertiary/aromatic N) is 1. The molecule has 1 N–H and O–H groups in total. The van der Waals surface area contributed by atoms with Gasteiger partial charge in [0.1, 0.15) is 0 Å². The van der Waals surface area contributed by atoms with Crippen molar-refractivity contribution >= 4 is 0 Å². The van der Waals surface area contributed by atoms with Crippen molar-refractivity contribution in [3.63, 3.8) is 0 Å². The molecule has 0 saturated carbocycles. The second-order valence-electron chi connectivity index (χ2n) is 5.74. The van der Waals surface area contributed by atoms with Crippen LogP contribution in [0.25, 0.3) is 0 Å². The molecule has 18 heavy (non-hydrogen) atoms. The fourth-order valence-electron chi connectivity index (χ4n) is 2.56. The fraction of sp³-hybridized carbons (Fsp3) is 1.00. The topological polar surface area (TPSA) is 24.5 Å². The lowest BCUT2D eigenvalue weighted by Gasteiger charge is -2.31. The van der Waals surface area contributed by atoms with Crippen LogP contribution in [0.5, 0.6) is 0 Å². The van der Waals surface area contributed by atoms with E-state index in [0.29, 0.717) is 6.04 Å². The van der Waals surface area contributed by atoms with Crippen molar-refractivity contribution < 1.29 is 4.74 Å². The van der Waals surface area contributed by atoms with Crippen LogP contribution < -0.4 is 5.32 Å². The van der Waals surface area contributed by atoms with Crippen LogP contribution in [0.2, 0.25) is 0 Å². The first-order valence-electron chi connectivity index (χ1n) is 7.72. The molecule has 1 atom stereocenters. The third kappa shape index (κ3) is 6.72. The normalized spacial score (nSPS) is 19.3. The van der Waals surface area contributed by atoms with Crippen molar-refractivity contribution in [1.29, 1.82) is 0 Å². The highest BCUT2D eigenvalue weighted by atomic mass is 16.5. The highest BCUT2D eigenvalue weighted by molar-refractivity contribution is 4.71. The molecule has 0 amide bonds. The van der Waals surface area contributed by atoms with E-state index in [4.69, 9.17) is 4.74 Å². The van der Waals surface area contributed by atoms with Gasteiger partial charge in [0.05, 0.1) is 0 Å². The Bertz CT molecular complexity index is 193. The molecule has 1 aliphatic rings. The molecule has 1 saturated heterocycles. The van der Waals surface area contributed by atoms with Crippen LogP contribution in [0.15, 0.2) is 0 Å². The molecule has 108 valence electrons. The molecule has 1 fully saturated rings. The van der Waals surface area contributed by atoms with Gasteiger partial charge in [0, 0.05) is 25.8 Å². The van der Waals surface area contributed by atoms with Gasteiger partial charge in [0.15, 0.2) is 0 Å². The molecule has 0 bridgehead atoms. The van der Waals surface area contributed by atoms with Crippen LogP contribution in [0, 0.1) is 5.92 Å². The van der Waals surface area contributed by atoms with E-state index < -0.39 is 0 Å². The molecule has 3 heteroatoms. The molecular formula is C15H32N2O. The smallest absolute Gasteiger partial charge is 0.0469 e. The summed E-state index contributed by atoms with van der Waals surface area (Å²) < 4.78 is 5.42. The summed E-state index contributed by atoms with van der Waals surface area (Å²) in [5.41, 5.74) is 0. The Labute approximate surface area is 113 Å². The number of nitrogens with one attached hydrogen (secondary N) is 1. The van der Waals surface area contributed by atoms with E-state index >= 15 is 0 Å². The van der Waals surface area contributed by atoms with E-state index in [-0.39, 0.29) is 0 Å². The van der Waals surface area contributed by atoms with E-state index in [1.807, 2.05) is 0 Å². The van der Waals surface area contributed by atoms with Gasteiger partial charge < -0.3 is 15.0 Å². The molecular weight excluding hydrogens is 224 g/mol. The minimum atomic E-state index is 0.705. The Morgan fingerprint density at radius 2 is 2.00 bits per heavy atom. The van der Waals surface area contributed by atoms with Crippen molar-refractivity contribution in [3.8, 4) is 0 Å². The molecule has 0 spiro atoms. The molecule has 0 aliphatic carbocycles. The van der Waals surface area contributed by atoms with E-state index in [2.05, 4.69) is 31.1 Å². The monoisotopic (exact) mass is 256 g/mol. The minimum absolute atomic E-state index is 0.705. The van der Waals surface area contributed by atoms with Gasteiger partial charge in [-0.1, -0.05) is 6.92 Å².